The number of halogens is 1. The Hall–Kier alpha value is -1.18. The van der Waals surface area contributed by atoms with Gasteiger partial charge in [-0.25, -0.2) is 0 Å². The van der Waals surface area contributed by atoms with Crippen LogP contribution in [0.2, 0.25) is 0 Å². The molecule has 0 aromatic heterocycles. The van der Waals surface area contributed by atoms with Gasteiger partial charge in [-0.15, -0.1) is 0 Å². The number of carbonyl (C=O) groups excluding carboxylic acids is 1. The highest BCUT2D eigenvalue weighted by Gasteiger charge is 2.23. The Labute approximate surface area is 147 Å². The van der Waals surface area contributed by atoms with Crippen LogP contribution in [0.4, 0.5) is 4.39 Å². The maximum absolute atomic E-state index is 12.5. The minimum absolute atomic E-state index is 0.276. The summed E-state index contributed by atoms with van der Waals surface area (Å²) in [6, 6.07) is 7.81. The third-order valence-corrected chi connectivity index (χ3v) is 5.53. The summed E-state index contributed by atoms with van der Waals surface area (Å²) in [7, 11) is 0. The summed E-state index contributed by atoms with van der Waals surface area (Å²) >= 11 is 0. The molecule has 1 aromatic rings. The second-order valence-electron chi connectivity index (χ2n) is 7.50. The summed E-state index contributed by atoms with van der Waals surface area (Å²) < 4.78 is 12.2. The van der Waals surface area contributed by atoms with Gasteiger partial charge in [-0.3, -0.25) is 9.18 Å². The number of rotatable bonds is 10. The lowest BCUT2D eigenvalue weighted by Gasteiger charge is -2.28. The highest BCUT2D eigenvalue weighted by atomic mass is 19.1. The lowest BCUT2D eigenvalue weighted by Crippen LogP contribution is -2.17. The summed E-state index contributed by atoms with van der Waals surface area (Å²) in [6.07, 6.45) is 12.5. The molecule has 1 nitrogen and oxygen atoms in total. The van der Waals surface area contributed by atoms with Gasteiger partial charge < -0.3 is 0 Å². The molecule has 1 aliphatic rings. The zero-order chi connectivity index (χ0) is 17.2. The zero-order valence-corrected chi connectivity index (χ0v) is 15.2. The average Bonchev–Trinajstić information content (AvgIpc) is 2.62. The van der Waals surface area contributed by atoms with Crippen LogP contribution in [0.3, 0.4) is 0 Å². The highest BCUT2D eigenvalue weighted by Crippen LogP contribution is 2.34. The maximum Gasteiger partial charge on any atom is 0.163 e. The van der Waals surface area contributed by atoms with Crippen LogP contribution < -0.4 is 0 Å². The van der Waals surface area contributed by atoms with Crippen molar-refractivity contribution in [2.75, 3.05) is 6.67 Å². The van der Waals surface area contributed by atoms with Crippen molar-refractivity contribution in [2.45, 2.75) is 77.6 Å². The smallest absolute Gasteiger partial charge is 0.163 e. The van der Waals surface area contributed by atoms with Gasteiger partial charge in [0.15, 0.2) is 5.78 Å². The van der Waals surface area contributed by atoms with E-state index in [0.29, 0.717) is 18.8 Å². The molecule has 0 heterocycles. The largest absolute Gasteiger partial charge is 0.294 e. The average molecular weight is 333 g/mol. The molecule has 2 rings (SSSR count). The van der Waals surface area contributed by atoms with E-state index in [1.54, 1.807) is 0 Å². The van der Waals surface area contributed by atoms with Crippen LogP contribution in [0.25, 0.3) is 0 Å². The van der Waals surface area contributed by atoms with Gasteiger partial charge in [0.05, 0.1) is 6.67 Å². The number of unbranched alkanes of at least 4 members (excludes halogenated alkanes) is 2. The Morgan fingerprint density at radius 2 is 1.67 bits per heavy atom. The molecule has 0 saturated heterocycles. The highest BCUT2D eigenvalue weighted by molar-refractivity contribution is 5.96. The minimum atomic E-state index is -0.276. The van der Waals surface area contributed by atoms with Crippen molar-refractivity contribution in [1.82, 2.24) is 0 Å². The van der Waals surface area contributed by atoms with Gasteiger partial charge in [0.1, 0.15) is 0 Å². The summed E-state index contributed by atoms with van der Waals surface area (Å²) in [5, 5.41) is 0. The Bertz CT molecular complexity index is 471. The lowest BCUT2D eigenvalue weighted by atomic mass is 9.77. The molecule has 1 aliphatic carbocycles. The fourth-order valence-corrected chi connectivity index (χ4v) is 3.92. The molecule has 1 fully saturated rings. The Morgan fingerprint density at radius 1 is 1.00 bits per heavy atom. The Kier molecular flexibility index (Phi) is 8.49. The van der Waals surface area contributed by atoms with E-state index in [2.05, 4.69) is 6.92 Å². The SMILES string of the molecule is CCCCCC1CCC(CC(=O)c2ccc(CCCF)cc2)CC1. The molecular formula is C22H33FO. The van der Waals surface area contributed by atoms with E-state index in [9.17, 15) is 9.18 Å². The lowest BCUT2D eigenvalue weighted by molar-refractivity contribution is 0.0941. The summed E-state index contributed by atoms with van der Waals surface area (Å²) in [5.74, 6) is 1.75. The molecule has 24 heavy (non-hydrogen) atoms. The zero-order valence-electron chi connectivity index (χ0n) is 15.2. The summed E-state index contributed by atoms with van der Waals surface area (Å²) in [4.78, 5) is 12.5. The van der Waals surface area contributed by atoms with Crippen molar-refractivity contribution in [3.8, 4) is 0 Å². The van der Waals surface area contributed by atoms with Crippen LogP contribution in [-0.4, -0.2) is 12.5 Å². The molecule has 0 amide bonds. The topological polar surface area (TPSA) is 17.1 Å². The minimum Gasteiger partial charge on any atom is -0.294 e. The van der Waals surface area contributed by atoms with Crippen LogP contribution >= 0.6 is 0 Å². The van der Waals surface area contributed by atoms with E-state index in [1.807, 2.05) is 24.3 Å². The number of benzene rings is 1. The van der Waals surface area contributed by atoms with Crippen molar-refractivity contribution in [3.05, 3.63) is 35.4 Å². The first-order chi connectivity index (χ1) is 11.7. The fourth-order valence-electron chi connectivity index (χ4n) is 3.92. The molecule has 0 radical (unpaired) electrons. The molecule has 134 valence electrons. The Morgan fingerprint density at radius 3 is 2.29 bits per heavy atom. The molecule has 2 heteroatoms. The molecule has 0 atom stereocenters. The van der Waals surface area contributed by atoms with Crippen LogP contribution in [0.1, 0.15) is 87.1 Å². The van der Waals surface area contributed by atoms with E-state index in [0.717, 1.165) is 23.5 Å². The standard InChI is InChI=1S/C22H33FO/c1-2-3-4-6-18-8-10-20(11-9-18)17-22(24)21-14-12-19(13-15-21)7-5-16-23/h12-15,18,20H,2-11,16-17H2,1H3. The third kappa shape index (κ3) is 6.37. The number of aryl methyl sites for hydroxylation is 1. The van der Waals surface area contributed by atoms with Crippen molar-refractivity contribution in [3.63, 3.8) is 0 Å². The molecule has 0 spiro atoms. The predicted octanol–water partition coefficient (Wildman–Crippen LogP) is 6.55. The van der Waals surface area contributed by atoms with Crippen molar-refractivity contribution < 1.29 is 9.18 Å². The van der Waals surface area contributed by atoms with Gasteiger partial charge >= 0.3 is 0 Å². The maximum atomic E-state index is 12.5. The molecule has 0 unspecified atom stereocenters. The van der Waals surface area contributed by atoms with E-state index < -0.39 is 0 Å². The van der Waals surface area contributed by atoms with Gasteiger partial charge in [0.2, 0.25) is 0 Å². The number of hydrogen-bond donors (Lipinski definition) is 0. The number of hydrogen-bond acceptors (Lipinski definition) is 1. The monoisotopic (exact) mass is 332 g/mol. The van der Waals surface area contributed by atoms with Crippen LogP contribution in [-0.2, 0) is 6.42 Å². The molecule has 0 N–H and O–H groups in total. The molecule has 0 bridgehead atoms. The molecule has 1 aromatic carbocycles. The third-order valence-electron chi connectivity index (χ3n) is 5.53. The first-order valence-corrected chi connectivity index (χ1v) is 9.91. The van der Waals surface area contributed by atoms with E-state index in [-0.39, 0.29) is 12.5 Å². The van der Waals surface area contributed by atoms with E-state index in [4.69, 9.17) is 0 Å². The van der Waals surface area contributed by atoms with E-state index >= 15 is 0 Å². The number of ketones is 1. The number of alkyl halides is 1. The predicted molar refractivity (Wildman–Crippen MR) is 99.3 cm³/mol. The molecule has 1 saturated carbocycles. The number of carbonyl (C=O) groups is 1. The van der Waals surface area contributed by atoms with Gasteiger partial charge in [-0.2, -0.15) is 0 Å². The molecule has 0 aliphatic heterocycles. The quantitative estimate of drug-likeness (QED) is 0.351. The van der Waals surface area contributed by atoms with Gasteiger partial charge in [-0.1, -0.05) is 69.7 Å². The number of Topliss-reactive ketones (excluding diaryl/α,β-unsaturated/α-hetero) is 1. The second-order valence-corrected chi connectivity index (χ2v) is 7.50. The van der Waals surface area contributed by atoms with Gasteiger partial charge in [0.25, 0.3) is 0 Å². The second kappa shape index (κ2) is 10.6. The van der Waals surface area contributed by atoms with Crippen LogP contribution in [0, 0.1) is 11.8 Å². The summed E-state index contributed by atoms with van der Waals surface area (Å²) in [6.45, 7) is 1.98. The van der Waals surface area contributed by atoms with Gasteiger partial charge in [-0.05, 0) is 43.1 Å². The summed E-state index contributed by atoms with van der Waals surface area (Å²) in [5.41, 5.74) is 1.95. The Balaban J connectivity index is 1.73. The van der Waals surface area contributed by atoms with Crippen LogP contribution in [0.15, 0.2) is 24.3 Å². The van der Waals surface area contributed by atoms with Crippen molar-refractivity contribution >= 4 is 5.78 Å². The van der Waals surface area contributed by atoms with Crippen molar-refractivity contribution in [1.29, 1.82) is 0 Å². The first-order valence-electron chi connectivity index (χ1n) is 9.91. The fraction of sp³-hybridized carbons (Fsp3) is 0.682. The van der Waals surface area contributed by atoms with E-state index in [1.165, 1.54) is 51.4 Å². The molecular weight excluding hydrogens is 299 g/mol. The van der Waals surface area contributed by atoms with Crippen LogP contribution in [0.5, 0.6) is 0 Å². The first kappa shape index (κ1) is 19.1. The van der Waals surface area contributed by atoms with Crippen molar-refractivity contribution in [2.24, 2.45) is 11.8 Å². The normalized spacial score (nSPS) is 20.9. The van der Waals surface area contributed by atoms with Gasteiger partial charge in [0, 0.05) is 12.0 Å².